The Morgan fingerprint density at radius 2 is 1.41 bits per heavy atom. The Balaban J connectivity index is 2.05. The molecule has 1 N–H and O–H groups in total. The summed E-state index contributed by atoms with van der Waals surface area (Å²) in [6, 6.07) is 17.3. The molecule has 0 unspecified atom stereocenters. The minimum atomic E-state index is 0.926. The molecular weight excluding hydrogens is 226 g/mol. The van der Waals surface area contributed by atoms with Crippen molar-refractivity contribution in [3.05, 3.63) is 59.7 Å². The molecule has 0 atom stereocenters. The molecule has 0 saturated heterocycles. The minimum Gasteiger partial charge on any atom is -0.316 e. The van der Waals surface area contributed by atoms with Gasteiger partial charge in [0.25, 0.3) is 0 Å². The van der Waals surface area contributed by atoms with Crippen LogP contribution in [0.1, 0.15) is 11.1 Å². The summed E-state index contributed by atoms with van der Waals surface area (Å²) < 4.78 is 0. The van der Waals surface area contributed by atoms with Gasteiger partial charge in [-0.2, -0.15) is 0 Å². The molecule has 0 fully saturated rings. The van der Waals surface area contributed by atoms with Crippen LogP contribution in [0.3, 0.4) is 0 Å². The predicted molar refractivity (Wildman–Crippen MR) is 74.5 cm³/mol. The van der Waals surface area contributed by atoms with Crippen molar-refractivity contribution in [1.29, 1.82) is 0 Å². The zero-order chi connectivity index (χ0) is 12.1. The van der Waals surface area contributed by atoms with Crippen LogP contribution in [-0.2, 0) is 6.54 Å². The van der Waals surface area contributed by atoms with Crippen LogP contribution in [0.2, 0.25) is 0 Å². The number of hydrogen-bond donors (Lipinski definition) is 1. The van der Waals surface area contributed by atoms with Crippen LogP contribution in [0.25, 0.3) is 0 Å². The van der Waals surface area contributed by atoms with Crippen molar-refractivity contribution >= 4 is 11.8 Å². The van der Waals surface area contributed by atoms with E-state index in [2.05, 4.69) is 60.8 Å². The van der Waals surface area contributed by atoms with Gasteiger partial charge in [-0.3, -0.25) is 0 Å². The van der Waals surface area contributed by atoms with Gasteiger partial charge in [0.15, 0.2) is 0 Å². The van der Waals surface area contributed by atoms with E-state index < -0.39 is 0 Å². The lowest BCUT2D eigenvalue weighted by Gasteiger charge is -2.04. The molecule has 0 radical (unpaired) electrons. The maximum absolute atomic E-state index is 3.15. The van der Waals surface area contributed by atoms with Gasteiger partial charge in [0.2, 0.25) is 0 Å². The van der Waals surface area contributed by atoms with E-state index in [0.717, 1.165) is 6.54 Å². The molecule has 0 spiro atoms. The van der Waals surface area contributed by atoms with Gasteiger partial charge >= 0.3 is 0 Å². The summed E-state index contributed by atoms with van der Waals surface area (Å²) in [6.07, 6.45) is 0. The van der Waals surface area contributed by atoms with Crippen molar-refractivity contribution in [1.82, 2.24) is 5.32 Å². The second-order valence-electron chi connectivity index (χ2n) is 4.09. The SMILES string of the molecule is CNCc1ccc(Sc2ccc(C)cc2)cc1. The van der Waals surface area contributed by atoms with E-state index in [9.17, 15) is 0 Å². The van der Waals surface area contributed by atoms with Crippen molar-refractivity contribution in [2.24, 2.45) is 0 Å². The third kappa shape index (κ3) is 3.62. The predicted octanol–water partition coefficient (Wildman–Crippen LogP) is 3.87. The average molecular weight is 243 g/mol. The van der Waals surface area contributed by atoms with E-state index in [1.807, 2.05) is 7.05 Å². The molecule has 0 aliphatic carbocycles. The number of nitrogens with one attached hydrogen (secondary N) is 1. The standard InChI is InChI=1S/C15H17NS/c1-12-3-7-14(8-4-12)17-15-9-5-13(6-10-15)11-16-2/h3-10,16H,11H2,1-2H3. The van der Waals surface area contributed by atoms with E-state index in [4.69, 9.17) is 0 Å². The van der Waals surface area contributed by atoms with Crippen molar-refractivity contribution < 1.29 is 0 Å². The Morgan fingerprint density at radius 3 is 1.94 bits per heavy atom. The summed E-state index contributed by atoms with van der Waals surface area (Å²) in [5, 5.41) is 3.15. The Kier molecular flexibility index (Phi) is 4.24. The summed E-state index contributed by atoms with van der Waals surface area (Å²) in [5.74, 6) is 0. The highest BCUT2D eigenvalue weighted by Crippen LogP contribution is 2.27. The van der Waals surface area contributed by atoms with Crippen LogP contribution >= 0.6 is 11.8 Å². The topological polar surface area (TPSA) is 12.0 Å². The first-order valence-corrected chi connectivity index (χ1v) is 6.57. The quantitative estimate of drug-likeness (QED) is 0.875. The van der Waals surface area contributed by atoms with E-state index in [0.29, 0.717) is 0 Å². The van der Waals surface area contributed by atoms with E-state index in [1.165, 1.54) is 20.9 Å². The van der Waals surface area contributed by atoms with Crippen molar-refractivity contribution in [2.45, 2.75) is 23.3 Å². The summed E-state index contributed by atoms with van der Waals surface area (Å²) in [7, 11) is 1.97. The van der Waals surface area contributed by atoms with Crippen molar-refractivity contribution in [2.75, 3.05) is 7.05 Å². The Labute approximate surface area is 107 Å². The molecule has 0 aromatic heterocycles. The first-order valence-electron chi connectivity index (χ1n) is 5.76. The summed E-state index contributed by atoms with van der Waals surface area (Å²) in [6.45, 7) is 3.04. The van der Waals surface area contributed by atoms with Gasteiger partial charge in [-0.1, -0.05) is 41.6 Å². The highest BCUT2D eigenvalue weighted by atomic mass is 32.2. The highest BCUT2D eigenvalue weighted by molar-refractivity contribution is 7.99. The Bertz CT molecular complexity index is 459. The second kappa shape index (κ2) is 5.89. The lowest BCUT2D eigenvalue weighted by Crippen LogP contribution is -2.04. The fourth-order valence-electron chi connectivity index (χ4n) is 1.62. The average Bonchev–Trinajstić information content (AvgIpc) is 2.35. The maximum Gasteiger partial charge on any atom is 0.0202 e. The minimum absolute atomic E-state index is 0.926. The van der Waals surface area contributed by atoms with E-state index in [-0.39, 0.29) is 0 Å². The lowest BCUT2D eigenvalue weighted by molar-refractivity contribution is 0.817. The molecule has 2 aromatic carbocycles. The molecule has 2 aromatic rings. The Morgan fingerprint density at radius 1 is 0.882 bits per heavy atom. The smallest absolute Gasteiger partial charge is 0.0202 e. The molecule has 0 heterocycles. The molecule has 0 saturated carbocycles. The summed E-state index contributed by atoms with van der Waals surface area (Å²) in [5.41, 5.74) is 2.62. The molecule has 2 heteroatoms. The highest BCUT2D eigenvalue weighted by Gasteiger charge is 1.97. The third-order valence-corrected chi connectivity index (χ3v) is 3.58. The number of rotatable bonds is 4. The van der Waals surface area contributed by atoms with Crippen LogP contribution in [-0.4, -0.2) is 7.05 Å². The van der Waals surface area contributed by atoms with Gasteiger partial charge in [-0.25, -0.2) is 0 Å². The largest absolute Gasteiger partial charge is 0.316 e. The van der Waals surface area contributed by atoms with Gasteiger partial charge in [0.05, 0.1) is 0 Å². The molecule has 0 aliphatic rings. The van der Waals surface area contributed by atoms with Crippen molar-refractivity contribution in [3.63, 3.8) is 0 Å². The molecule has 0 bridgehead atoms. The van der Waals surface area contributed by atoms with Gasteiger partial charge in [0, 0.05) is 16.3 Å². The number of benzene rings is 2. The number of aryl methyl sites for hydroxylation is 1. The maximum atomic E-state index is 3.15. The molecule has 0 amide bonds. The monoisotopic (exact) mass is 243 g/mol. The number of hydrogen-bond acceptors (Lipinski definition) is 2. The van der Waals surface area contributed by atoms with Crippen LogP contribution in [0.15, 0.2) is 58.3 Å². The van der Waals surface area contributed by atoms with Gasteiger partial charge in [-0.15, -0.1) is 0 Å². The van der Waals surface area contributed by atoms with Gasteiger partial charge < -0.3 is 5.32 Å². The van der Waals surface area contributed by atoms with E-state index >= 15 is 0 Å². The molecule has 2 rings (SSSR count). The van der Waals surface area contributed by atoms with E-state index in [1.54, 1.807) is 11.8 Å². The van der Waals surface area contributed by atoms with Crippen LogP contribution in [0.5, 0.6) is 0 Å². The van der Waals surface area contributed by atoms with Crippen molar-refractivity contribution in [3.8, 4) is 0 Å². The molecule has 17 heavy (non-hydrogen) atoms. The van der Waals surface area contributed by atoms with Gasteiger partial charge in [-0.05, 0) is 43.8 Å². The summed E-state index contributed by atoms with van der Waals surface area (Å²) >= 11 is 1.80. The van der Waals surface area contributed by atoms with Crippen LogP contribution in [0, 0.1) is 6.92 Å². The lowest BCUT2D eigenvalue weighted by atomic mass is 10.2. The normalized spacial score (nSPS) is 10.5. The van der Waals surface area contributed by atoms with Crippen LogP contribution < -0.4 is 5.32 Å². The first kappa shape index (κ1) is 12.2. The molecular formula is C15H17NS. The van der Waals surface area contributed by atoms with Gasteiger partial charge in [0.1, 0.15) is 0 Å². The zero-order valence-electron chi connectivity index (χ0n) is 10.2. The fraction of sp³-hybridized carbons (Fsp3) is 0.200. The summed E-state index contributed by atoms with van der Waals surface area (Å²) in [4.78, 5) is 2.57. The Hall–Kier alpha value is -1.25. The molecule has 1 nitrogen and oxygen atoms in total. The van der Waals surface area contributed by atoms with Crippen LogP contribution in [0.4, 0.5) is 0 Å². The second-order valence-corrected chi connectivity index (χ2v) is 5.24. The molecule has 0 aliphatic heterocycles. The third-order valence-electron chi connectivity index (χ3n) is 2.56. The first-order chi connectivity index (χ1) is 8.28. The molecule has 88 valence electrons. The zero-order valence-corrected chi connectivity index (χ0v) is 11.1. The fourth-order valence-corrected chi connectivity index (χ4v) is 2.44.